The van der Waals surface area contributed by atoms with Crippen LogP contribution in [0.5, 0.6) is 0 Å². The maximum Gasteiger partial charge on any atom is 0.306 e. The van der Waals surface area contributed by atoms with Crippen LogP contribution in [0.3, 0.4) is 0 Å². The number of likely N-dealkylation sites (N-methyl/N-ethyl adjacent to an activating group) is 1. The molecule has 0 aromatic heterocycles. The lowest BCUT2D eigenvalue weighted by atomic mass is 10.0. The molecule has 0 saturated heterocycles. The van der Waals surface area contributed by atoms with E-state index in [1.165, 1.54) is 154 Å². The molecule has 0 amide bonds. The molecule has 0 saturated carbocycles. The lowest BCUT2D eigenvalue weighted by Crippen LogP contribution is -2.37. The number of hydrogen-bond donors (Lipinski definition) is 0. The van der Waals surface area contributed by atoms with Crippen LogP contribution >= 0.6 is 7.82 Å². The van der Waals surface area contributed by atoms with Crippen molar-refractivity contribution in [3.63, 3.8) is 0 Å². The molecule has 0 heterocycles. The van der Waals surface area contributed by atoms with Crippen LogP contribution in [0.15, 0.2) is 0 Å². The van der Waals surface area contributed by atoms with E-state index in [9.17, 15) is 14.3 Å². The van der Waals surface area contributed by atoms with Gasteiger partial charge in [0.25, 0.3) is 7.82 Å². The molecule has 9 heteroatoms. The molecule has 2 unspecified atom stereocenters. The highest BCUT2D eigenvalue weighted by Crippen LogP contribution is 2.38. The van der Waals surface area contributed by atoms with Gasteiger partial charge in [0.05, 0.1) is 34.4 Å². The zero-order valence-electron chi connectivity index (χ0n) is 34.6. The fourth-order valence-corrected chi connectivity index (χ4v) is 6.98. The normalized spacial score (nSPS) is 13.8. The molecule has 51 heavy (non-hydrogen) atoms. The first-order valence-corrected chi connectivity index (χ1v) is 23.2. The van der Waals surface area contributed by atoms with Crippen molar-refractivity contribution in [2.75, 3.05) is 54.1 Å². The summed E-state index contributed by atoms with van der Waals surface area (Å²) in [5, 5.41) is 0. The topological polar surface area (TPSA) is 94.1 Å². The van der Waals surface area contributed by atoms with Crippen molar-refractivity contribution >= 4 is 13.8 Å². The van der Waals surface area contributed by atoms with Gasteiger partial charge in [-0.2, -0.15) is 0 Å². The van der Waals surface area contributed by atoms with Gasteiger partial charge in [-0.1, -0.05) is 187 Å². The predicted molar refractivity (Wildman–Crippen MR) is 213 cm³/mol. The Hall–Kier alpha value is -0.500. The van der Waals surface area contributed by atoms with Gasteiger partial charge in [0.1, 0.15) is 19.3 Å². The number of nitrogens with zero attached hydrogens (tertiary/aromatic N) is 1. The van der Waals surface area contributed by atoms with Crippen molar-refractivity contribution in [3.8, 4) is 0 Å². The van der Waals surface area contributed by atoms with Crippen LogP contribution in [0.25, 0.3) is 0 Å². The van der Waals surface area contributed by atoms with E-state index in [2.05, 4.69) is 13.8 Å². The number of quaternary nitrogens is 1. The third-order valence-corrected chi connectivity index (χ3v) is 10.6. The molecular weight excluding hydrogens is 661 g/mol. The quantitative estimate of drug-likeness (QED) is 0.0266. The van der Waals surface area contributed by atoms with Gasteiger partial charge in [-0.05, 0) is 12.8 Å². The van der Waals surface area contributed by atoms with Gasteiger partial charge in [0.2, 0.25) is 0 Å². The highest BCUT2D eigenvalue weighted by Gasteiger charge is 2.20. The second-order valence-electron chi connectivity index (χ2n) is 16.1. The van der Waals surface area contributed by atoms with E-state index < -0.39 is 13.9 Å². The molecule has 0 aliphatic carbocycles. The standard InChI is InChI=1S/C42H86NO7P/c1-6-8-10-12-14-15-16-17-18-19-20-21-22-23-24-25-26-27-28-29-30-31-33-35-42(44)50-41(39-47-37-34-32-13-11-9-7-2)40-49-51(45,46)48-38-36-43(3,4)5/h41H,6-40H2,1-5H3. The fraction of sp³-hybridized carbons (Fsp3) is 0.976. The van der Waals surface area contributed by atoms with Crippen molar-refractivity contribution in [2.45, 2.75) is 213 Å². The molecule has 0 fully saturated rings. The van der Waals surface area contributed by atoms with E-state index in [4.69, 9.17) is 18.5 Å². The average molecular weight is 748 g/mol. The molecule has 0 spiro atoms. The van der Waals surface area contributed by atoms with Crippen LogP contribution in [-0.2, 0) is 27.9 Å². The third kappa shape index (κ3) is 40.5. The highest BCUT2D eigenvalue weighted by molar-refractivity contribution is 7.45. The van der Waals surface area contributed by atoms with Crippen LogP contribution in [0.2, 0.25) is 0 Å². The SMILES string of the molecule is CCCCCCCCCCCCCCCCCCCCCCCCCC(=O)OC(COCCCCCCCC)COP(=O)([O-])OCC[N+](C)(C)C. The largest absolute Gasteiger partial charge is 0.756 e. The Balaban J connectivity index is 3.93. The fourth-order valence-electron chi connectivity index (χ4n) is 6.25. The number of esters is 1. The van der Waals surface area contributed by atoms with Gasteiger partial charge >= 0.3 is 5.97 Å². The Morgan fingerprint density at radius 3 is 1.29 bits per heavy atom. The van der Waals surface area contributed by atoms with Gasteiger partial charge < -0.3 is 27.9 Å². The molecule has 0 aromatic carbocycles. The first kappa shape index (κ1) is 50.5. The smallest absolute Gasteiger partial charge is 0.306 e. The highest BCUT2D eigenvalue weighted by atomic mass is 31.2. The monoisotopic (exact) mass is 748 g/mol. The summed E-state index contributed by atoms with van der Waals surface area (Å²) in [6.07, 6.45) is 37.1. The molecule has 0 radical (unpaired) electrons. The molecule has 2 atom stereocenters. The van der Waals surface area contributed by atoms with E-state index in [-0.39, 0.29) is 25.8 Å². The van der Waals surface area contributed by atoms with Gasteiger partial charge in [-0.15, -0.1) is 0 Å². The van der Waals surface area contributed by atoms with Crippen molar-refractivity contribution in [1.29, 1.82) is 0 Å². The summed E-state index contributed by atoms with van der Waals surface area (Å²) in [4.78, 5) is 24.9. The summed E-state index contributed by atoms with van der Waals surface area (Å²) in [6, 6.07) is 0. The minimum atomic E-state index is -4.50. The average Bonchev–Trinajstić information content (AvgIpc) is 3.08. The third-order valence-electron chi connectivity index (χ3n) is 9.66. The van der Waals surface area contributed by atoms with Crippen LogP contribution in [0.4, 0.5) is 0 Å². The molecule has 306 valence electrons. The van der Waals surface area contributed by atoms with Crippen molar-refractivity contribution in [1.82, 2.24) is 0 Å². The van der Waals surface area contributed by atoms with Crippen molar-refractivity contribution in [3.05, 3.63) is 0 Å². The molecule has 0 N–H and O–H groups in total. The summed E-state index contributed by atoms with van der Waals surface area (Å²) in [5.74, 6) is -0.332. The first-order valence-electron chi connectivity index (χ1n) is 21.8. The number of carbonyl (C=O) groups excluding carboxylic acids is 1. The number of carbonyl (C=O) groups is 1. The summed E-state index contributed by atoms with van der Waals surface area (Å²) in [7, 11) is 1.37. The zero-order valence-corrected chi connectivity index (χ0v) is 35.5. The van der Waals surface area contributed by atoms with Crippen molar-refractivity contribution in [2.24, 2.45) is 0 Å². The second-order valence-corrected chi connectivity index (χ2v) is 17.5. The summed E-state index contributed by atoms with van der Waals surface area (Å²) in [6.45, 7) is 5.40. The number of ether oxygens (including phenoxy) is 2. The van der Waals surface area contributed by atoms with E-state index in [1.807, 2.05) is 21.1 Å². The maximum atomic E-state index is 12.6. The molecule has 0 bridgehead atoms. The minimum Gasteiger partial charge on any atom is -0.756 e. The minimum absolute atomic E-state index is 0.0306. The number of unbranched alkanes of at least 4 members (excludes halogenated alkanes) is 27. The van der Waals surface area contributed by atoms with E-state index in [0.717, 1.165) is 32.1 Å². The van der Waals surface area contributed by atoms with Crippen molar-refractivity contribution < 1.29 is 37.3 Å². The Labute approximate surface area is 317 Å². The van der Waals surface area contributed by atoms with Crippen LogP contribution in [0, 0.1) is 0 Å². The van der Waals surface area contributed by atoms with E-state index >= 15 is 0 Å². The Kier molecular flexibility index (Phi) is 36.1. The molecule has 0 aliphatic heterocycles. The number of phosphoric ester groups is 1. The second kappa shape index (κ2) is 36.5. The van der Waals surface area contributed by atoms with Gasteiger partial charge in [-0.25, -0.2) is 0 Å². The zero-order chi connectivity index (χ0) is 37.7. The molecule has 0 aliphatic rings. The lowest BCUT2D eigenvalue weighted by molar-refractivity contribution is -0.870. The molecular formula is C42H86NO7P. The first-order chi connectivity index (χ1) is 24.6. The number of hydrogen-bond acceptors (Lipinski definition) is 7. The molecule has 0 aromatic rings. The summed E-state index contributed by atoms with van der Waals surface area (Å²) in [5.41, 5.74) is 0. The lowest BCUT2D eigenvalue weighted by Gasteiger charge is -2.28. The summed E-state index contributed by atoms with van der Waals surface area (Å²) >= 11 is 0. The van der Waals surface area contributed by atoms with E-state index in [0.29, 0.717) is 24.1 Å². The Morgan fingerprint density at radius 1 is 0.529 bits per heavy atom. The van der Waals surface area contributed by atoms with Crippen LogP contribution < -0.4 is 4.89 Å². The Bertz CT molecular complexity index is 792. The van der Waals surface area contributed by atoms with E-state index in [1.54, 1.807) is 0 Å². The summed E-state index contributed by atoms with van der Waals surface area (Å²) < 4.78 is 34.3. The number of phosphoric acid groups is 1. The predicted octanol–water partition coefficient (Wildman–Crippen LogP) is 11.9. The molecule has 0 rings (SSSR count). The van der Waals surface area contributed by atoms with Gasteiger partial charge in [0.15, 0.2) is 0 Å². The van der Waals surface area contributed by atoms with Gasteiger partial charge in [0, 0.05) is 13.0 Å². The maximum absolute atomic E-state index is 12.6. The van der Waals surface area contributed by atoms with Crippen LogP contribution in [-0.4, -0.2) is 70.7 Å². The number of rotatable bonds is 41. The van der Waals surface area contributed by atoms with Crippen LogP contribution in [0.1, 0.15) is 206 Å². The Morgan fingerprint density at radius 2 is 0.902 bits per heavy atom. The molecule has 8 nitrogen and oxygen atoms in total. The van der Waals surface area contributed by atoms with Gasteiger partial charge in [-0.3, -0.25) is 9.36 Å².